The van der Waals surface area contributed by atoms with Crippen LogP contribution in [-0.2, 0) is 4.79 Å². The molecule has 0 spiro atoms. The van der Waals surface area contributed by atoms with Crippen molar-refractivity contribution in [1.29, 1.82) is 0 Å². The number of aliphatic hydroxyl groups excluding tert-OH is 1. The zero-order valence-corrected chi connectivity index (χ0v) is 12.2. The van der Waals surface area contributed by atoms with Gasteiger partial charge in [0.05, 0.1) is 10.0 Å². The Bertz CT molecular complexity index is 528. The van der Waals surface area contributed by atoms with E-state index in [1.54, 1.807) is 21.9 Å². The van der Waals surface area contributed by atoms with Crippen molar-refractivity contribution in [2.45, 2.75) is 0 Å². The minimum absolute atomic E-state index is 0.139. The third-order valence-electron chi connectivity index (χ3n) is 3.22. The SMILES string of the molecule is O=C(CO)N1CCN(C(=O)c2ccc(Cl)c(Cl)c2)CC1. The van der Waals surface area contributed by atoms with E-state index in [0.29, 0.717) is 41.8 Å². The van der Waals surface area contributed by atoms with Crippen LogP contribution < -0.4 is 0 Å². The lowest BCUT2D eigenvalue weighted by Crippen LogP contribution is -2.51. The molecule has 1 aromatic carbocycles. The summed E-state index contributed by atoms with van der Waals surface area (Å²) in [5, 5.41) is 9.54. The maximum absolute atomic E-state index is 12.3. The lowest BCUT2D eigenvalue weighted by Gasteiger charge is -2.34. The standard InChI is InChI=1S/C13H14Cl2N2O3/c14-10-2-1-9(7-11(10)15)13(20)17-5-3-16(4-6-17)12(19)8-18/h1-2,7,18H,3-6,8H2. The van der Waals surface area contributed by atoms with Gasteiger partial charge in [-0.3, -0.25) is 9.59 Å². The lowest BCUT2D eigenvalue weighted by molar-refractivity contribution is -0.135. The second kappa shape index (κ2) is 6.43. The first-order valence-electron chi connectivity index (χ1n) is 6.16. The quantitative estimate of drug-likeness (QED) is 0.894. The topological polar surface area (TPSA) is 60.9 Å². The van der Waals surface area contributed by atoms with Crippen LogP contribution in [0.2, 0.25) is 10.0 Å². The van der Waals surface area contributed by atoms with E-state index in [1.807, 2.05) is 0 Å². The number of hydrogen-bond donors (Lipinski definition) is 1. The predicted octanol–water partition coefficient (Wildman–Crippen LogP) is 1.27. The van der Waals surface area contributed by atoms with Crippen molar-refractivity contribution in [3.8, 4) is 0 Å². The van der Waals surface area contributed by atoms with E-state index in [4.69, 9.17) is 28.3 Å². The molecule has 7 heteroatoms. The molecule has 20 heavy (non-hydrogen) atoms. The molecule has 1 aliphatic heterocycles. The largest absolute Gasteiger partial charge is 0.387 e. The molecule has 0 unspecified atom stereocenters. The maximum atomic E-state index is 12.3. The van der Waals surface area contributed by atoms with E-state index in [1.165, 1.54) is 6.07 Å². The Morgan fingerprint density at radius 2 is 1.65 bits per heavy atom. The molecule has 0 atom stereocenters. The van der Waals surface area contributed by atoms with E-state index >= 15 is 0 Å². The van der Waals surface area contributed by atoms with Crippen LogP contribution in [0, 0.1) is 0 Å². The van der Waals surface area contributed by atoms with E-state index in [0.717, 1.165) is 0 Å². The highest BCUT2D eigenvalue weighted by molar-refractivity contribution is 6.42. The first kappa shape index (κ1) is 15.1. The van der Waals surface area contributed by atoms with E-state index in [-0.39, 0.29) is 11.8 Å². The monoisotopic (exact) mass is 316 g/mol. The van der Waals surface area contributed by atoms with Crippen molar-refractivity contribution in [3.63, 3.8) is 0 Å². The summed E-state index contributed by atoms with van der Waals surface area (Å²) in [6.07, 6.45) is 0. The van der Waals surface area contributed by atoms with E-state index < -0.39 is 6.61 Å². The Balaban J connectivity index is 2.01. The molecule has 108 valence electrons. The van der Waals surface area contributed by atoms with Crippen LogP contribution in [0.25, 0.3) is 0 Å². The fourth-order valence-electron chi connectivity index (χ4n) is 2.07. The van der Waals surface area contributed by atoms with Gasteiger partial charge in [-0.05, 0) is 18.2 Å². The zero-order chi connectivity index (χ0) is 14.7. The molecule has 2 rings (SSSR count). The van der Waals surface area contributed by atoms with Gasteiger partial charge in [0, 0.05) is 31.7 Å². The highest BCUT2D eigenvalue weighted by Gasteiger charge is 2.24. The molecule has 1 saturated heterocycles. The fourth-order valence-corrected chi connectivity index (χ4v) is 2.37. The second-order valence-corrected chi connectivity index (χ2v) is 5.27. The normalized spacial score (nSPS) is 15.3. The van der Waals surface area contributed by atoms with Crippen molar-refractivity contribution in [3.05, 3.63) is 33.8 Å². The third-order valence-corrected chi connectivity index (χ3v) is 3.96. The summed E-state index contributed by atoms with van der Waals surface area (Å²) in [7, 11) is 0. The Kier molecular flexibility index (Phi) is 4.86. The molecule has 2 amide bonds. The summed E-state index contributed by atoms with van der Waals surface area (Å²) in [5.41, 5.74) is 0.473. The Hall–Kier alpha value is -1.30. The van der Waals surface area contributed by atoms with Gasteiger partial charge in [0.15, 0.2) is 0 Å². The first-order chi connectivity index (χ1) is 9.52. The summed E-state index contributed by atoms with van der Waals surface area (Å²) in [4.78, 5) is 26.8. The number of halogens is 2. The van der Waals surface area contributed by atoms with Crippen molar-refractivity contribution in [2.75, 3.05) is 32.8 Å². The summed E-state index contributed by atoms with van der Waals surface area (Å²) >= 11 is 11.7. The van der Waals surface area contributed by atoms with Gasteiger partial charge in [-0.2, -0.15) is 0 Å². The number of piperazine rings is 1. The molecule has 1 aliphatic rings. The number of benzene rings is 1. The van der Waals surface area contributed by atoms with Gasteiger partial charge in [-0.1, -0.05) is 23.2 Å². The average molecular weight is 317 g/mol. The molecule has 1 heterocycles. The van der Waals surface area contributed by atoms with Gasteiger partial charge in [0.1, 0.15) is 6.61 Å². The van der Waals surface area contributed by atoms with Crippen LogP contribution in [0.3, 0.4) is 0 Å². The van der Waals surface area contributed by atoms with Gasteiger partial charge in [-0.25, -0.2) is 0 Å². The summed E-state index contributed by atoms with van der Waals surface area (Å²) in [5.74, 6) is -0.452. The molecule has 1 N–H and O–H groups in total. The third kappa shape index (κ3) is 3.23. The van der Waals surface area contributed by atoms with Crippen LogP contribution in [-0.4, -0.2) is 59.5 Å². The smallest absolute Gasteiger partial charge is 0.254 e. The molecule has 0 aliphatic carbocycles. The summed E-state index contributed by atoms with van der Waals surface area (Å²) in [6, 6.07) is 4.75. The fraction of sp³-hybridized carbons (Fsp3) is 0.385. The molecule has 0 saturated carbocycles. The molecular formula is C13H14Cl2N2O3. The van der Waals surface area contributed by atoms with Gasteiger partial charge in [-0.15, -0.1) is 0 Å². The maximum Gasteiger partial charge on any atom is 0.254 e. The van der Waals surface area contributed by atoms with E-state index in [9.17, 15) is 9.59 Å². The zero-order valence-electron chi connectivity index (χ0n) is 10.7. The predicted molar refractivity (Wildman–Crippen MR) is 76.0 cm³/mol. The van der Waals surface area contributed by atoms with Gasteiger partial charge >= 0.3 is 0 Å². The second-order valence-electron chi connectivity index (χ2n) is 4.46. The lowest BCUT2D eigenvalue weighted by atomic mass is 10.2. The Morgan fingerprint density at radius 1 is 1.05 bits per heavy atom. The number of aliphatic hydroxyl groups is 1. The van der Waals surface area contributed by atoms with Gasteiger partial charge in [0.25, 0.3) is 5.91 Å². The minimum Gasteiger partial charge on any atom is -0.387 e. The minimum atomic E-state index is -0.499. The average Bonchev–Trinajstić information content (AvgIpc) is 2.48. The molecular weight excluding hydrogens is 303 g/mol. The number of carbonyl (C=O) groups excluding carboxylic acids is 2. The number of hydrogen-bond acceptors (Lipinski definition) is 3. The molecule has 1 aromatic rings. The highest BCUT2D eigenvalue weighted by Crippen LogP contribution is 2.23. The Morgan fingerprint density at radius 3 is 2.20 bits per heavy atom. The van der Waals surface area contributed by atoms with Crippen LogP contribution in [0.15, 0.2) is 18.2 Å². The van der Waals surface area contributed by atoms with E-state index in [2.05, 4.69) is 0 Å². The van der Waals surface area contributed by atoms with Gasteiger partial charge < -0.3 is 14.9 Å². The van der Waals surface area contributed by atoms with Crippen LogP contribution in [0.1, 0.15) is 10.4 Å². The molecule has 0 radical (unpaired) electrons. The molecule has 0 aromatic heterocycles. The summed E-state index contributed by atoms with van der Waals surface area (Å²) in [6.45, 7) is 1.22. The number of amides is 2. The van der Waals surface area contributed by atoms with Gasteiger partial charge in [0.2, 0.25) is 5.91 Å². The van der Waals surface area contributed by atoms with Crippen molar-refractivity contribution < 1.29 is 14.7 Å². The Labute approximate surface area is 126 Å². The number of carbonyl (C=O) groups is 2. The molecule has 1 fully saturated rings. The highest BCUT2D eigenvalue weighted by atomic mass is 35.5. The first-order valence-corrected chi connectivity index (χ1v) is 6.91. The number of nitrogens with zero attached hydrogens (tertiary/aromatic N) is 2. The van der Waals surface area contributed by atoms with Crippen LogP contribution >= 0.6 is 23.2 Å². The van der Waals surface area contributed by atoms with Crippen molar-refractivity contribution in [2.24, 2.45) is 0 Å². The van der Waals surface area contributed by atoms with Crippen LogP contribution in [0.5, 0.6) is 0 Å². The summed E-state index contributed by atoms with van der Waals surface area (Å²) < 4.78 is 0. The van der Waals surface area contributed by atoms with Crippen molar-refractivity contribution >= 4 is 35.0 Å². The molecule has 5 nitrogen and oxygen atoms in total. The number of rotatable bonds is 2. The van der Waals surface area contributed by atoms with Crippen molar-refractivity contribution in [1.82, 2.24) is 9.80 Å². The molecule has 0 bridgehead atoms. The van der Waals surface area contributed by atoms with Crippen LogP contribution in [0.4, 0.5) is 0 Å².